The molecular weight excluding hydrogens is 142 g/mol. The molecule has 0 saturated carbocycles. The lowest BCUT2D eigenvalue weighted by molar-refractivity contribution is -0.148. The van der Waals surface area contributed by atoms with Crippen LogP contribution in [0.2, 0.25) is 0 Å². The van der Waals surface area contributed by atoms with Gasteiger partial charge in [0.2, 0.25) is 0 Å². The summed E-state index contributed by atoms with van der Waals surface area (Å²) in [5, 5.41) is 3.16. The van der Waals surface area contributed by atoms with Crippen LogP contribution in [0.3, 0.4) is 0 Å². The fraction of sp³-hybridized carbons (Fsp3) is 0.875. The first-order valence-electron chi connectivity index (χ1n) is 4.13. The normalized spacial score (nSPS) is 30.4. The molecule has 64 valence electrons. The molecule has 1 rings (SSSR count). The Morgan fingerprint density at radius 3 is 2.82 bits per heavy atom. The molecule has 11 heavy (non-hydrogen) atoms. The third-order valence-corrected chi connectivity index (χ3v) is 2.11. The predicted molar refractivity (Wildman–Crippen MR) is 42.2 cm³/mol. The van der Waals surface area contributed by atoms with Gasteiger partial charge in [-0.25, -0.2) is 0 Å². The van der Waals surface area contributed by atoms with Gasteiger partial charge in [-0.1, -0.05) is 6.92 Å². The third kappa shape index (κ3) is 1.93. The van der Waals surface area contributed by atoms with E-state index in [1.54, 1.807) is 0 Å². The molecule has 0 aromatic carbocycles. The van der Waals surface area contributed by atoms with Gasteiger partial charge in [0.05, 0.1) is 12.5 Å². The van der Waals surface area contributed by atoms with Crippen LogP contribution in [0.15, 0.2) is 0 Å². The van der Waals surface area contributed by atoms with E-state index >= 15 is 0 Å². The number of carbonyl (C=O) groups excluding carboxylic acids is 1. The number of ether oxygens (including phenoxy) is 1. The Kier molecular flexibility index (Phi) is 2.88. The molecule has 1 aliphatic heterocycles. The zero-order chi connectivity index (χ0) is 8.27. The van der Waals surface area contributed by atoms with Gasteiger partial charge in [0.15, 0.2) is 0 Å². The molecule has 0 aliphatic carbocycles. The maximum atomic E-state index is 11.2. The van der Waals surface area contributed by atoms with Crippen LogP contribution in [0.25, 0.3) is 0 Å². The first kappa shape index (κ1) is 8.53. The van der Waals surface area contributed by atoms with Crippen molar-refractivity contribution in [2.45, 2.75) is 13.8 Å². The van der Waals surface area contributed by atoms with Crippen molar-refractivity contribution in [3.8, 4) is 0 Å². The minimum atomic E-state index is -0.0509. The summed E-state index contributed by atoms with van der Waals surface area (Å²) in [6.45, 7) is 6.11. The quantitative estimate of drug-likeness (QED) is 0.590. The van der Waals surface area contributed by atoms with Crippen LogP contribution in [0.1, 0.15) is 13.8 Å². The lowest BCUT2D eigenvalue weighted by atomic mass is 9.99. The Labute approximate surface area is 67.1 Å². The van der Waals surface area contributed by atoms with E-state index in [-0.39, 0.29) is 11.9 Å². The summed E-state index contributed by atoms with van der Waals surface area (Å²) < 4.78 is 4.92. The maximum Gasteiger partial charge on any atom is 0.310 e. The molecule has 1 N–H and O–H groups in total. The highest BCUT2D eigenvalue weighted by molar-refractivity contribution is 5.73. The topological polar surface area (TPSA) is 38.3 Å². The molecule has 0 radical (unpaired) electrons. The number of hydrogen-bond donors (Lipinski definition) is 1. The molecule has 1 aliphatic rings. The molecular formula is C8H15NO2. The molecule has 3 nitrogen and oxygen atoms in total. The van der Waals surface area contributed by atoms with Gasteiger partial charge in [-0.05, 0) is 19.4 Å². The number of hydrogen-bond acceptors (Lipinski definition) is 3. The molecule has 1 heterocycles. The fourth-order valence-corrected chi connectivity index (χ4v) is 1.37. The van der Waals surface area contributed by atoms with Crippen molar-refractivity contribution in [3.63, 3.8) is 0 Å². The largest absolute Gasteiger partial charge is 0.466 e. The minimum absolute atomic E-state index is 0.0509. The van der Waals surface area contributed by atoms with Crippen LogP contribution in [0, 0.1) is 11.8 Å². The van der Waals surface area contributed by atoms with Crippen molar-refractivity contribution in [2.75, 3.05) is 19.7 Å². The number of esters is 1. The molecule has 1 saturated heterocycles. The highest BCUT2D eigenvalue weighted by Crippen LogP contribution is 2.16. The maximum absolute atomic E-state index is 11.2. The van der Waals surface area contributed by atoms with E-state index in [2.05, 4.69) is 12.2 Å². The van der Waals surface area contributed by atoms with E-state index in [1.807, 2.05) is 6.92 Å². The summed E-state index contributed by atoms with van der Waals surface area (Å²) in [6, 6.07) is 0. The summed E-state index contributed by atoms with van der Waals surface area (Å²) in [7, 11) is 0. The number of nitrogens with one attached hydrogen (secondary N) is 1. The average Bonchev–Trinajstić information content (AvgIpc) is 2.36. The molecule has 0 aromatic rings. The fourth-order valence-electron chi connectivity index (χ4n) is 1.37. The number of carbonyl (C=O) groups is 1. The summed E-state index contributed by atoms with van der Waals surface area (Å²) in [5.41, 5.74) is 0. The SMILES string of the molecule is CCOC(=O)C1CNCC1C. The standard InChI is InChI=1S/C8H15NO2/c1-3-11-8(10)7-5-9-4-6(7)2/h6-7,9H,3-5H2,1-2H3. The lowest BCUT2D eigenvalue weighted by Gasteiger charge is -2.11. The summed E-state index contributed by atoms with van der Waals surface area (Å²) in [4.78, 5) is 11.2. The van der Waals surface area contributed by atoms with Gasteiger partial charge in [-0.2, -0.15) is 0 Å². The van der Waals surface area contributed by atoms with E-state index in [1.165, 1.54) is 0 Å². The molecule has 0 aromatic heterocycles. The zero-order valence-electron chi connectivity index (χ0n) is 7.09. The first-order chi connectivity index (χ1) is 5.25. The predicted octanol–water partition coefficient (Wildman–Crippen LogP) is 0.405. The van der Waals surface area contributed by atoms with E-state index in [4.69, 9.17) is 4.74 Å². The Hall–Kier alpha value is -0.570. The van der Waals surface area contributed by atoms with Crippen LogP contribution in [0.4, 0.5) is 0 Å². The van der Waals surface area contributed by atoms with Crippen LogP contribution >= 0.6 is 0 Å². The van der Waals surface area contributed by atoms with E-state index < -0.39 is 0 Å². The van der Waals surface area contributed by atoms with Gasteiger partial charge in [0.1, 0.15) is 0 Å². The Balaban J connectivity index is 2.39. The van der Waals surface area contributed by atoms with Crippen molar-refractivity contribution >= 4 is 5.97 Å². The molecule has 0 spiro atoms. The molecule has 1 fully saturated rings. The van der Waals surface area contributed by atoms with Crippen LogP contribution in [-0.2, 0) is 9.53 Å². The van der Waals surface area contributed by atoms with Crippen molar-refractivity contribution in [1.82, 2.24) is 5.32 Å². The van der Waals surface area contributed by atoms with Gasteiger partial charge in [-0.3, -0.25) is 4.79 Å². The number of rotatable bonds is 2. The van der Waals surface area contributed by atoms with E-state index in [0.717, 1.165) is 13.1 Å². The van der Waals surface area contributed by atoms with Gasteiger partial charge in [0.25, 0.3) is 0 Å². The molecule has 3 heteroatoms. The average molecular weight is 157 g/mol. The van der Waals surface area contributed by atoms with Crippen LogP contribution in [0.5, 0.6) is 0 Å². The minimum Gasteiger partial charge on any atom is -0.466 e. The zero-order valence-corrected chi connectivity index (χ0v) is 7.09. The third-order valence-electron chi connectivity index (χ3n) is 2.11. The van der Waals surface area contributed by atoms with Crippen LogP contribution in [-0.4, -0.2) is 25.7 Å². The van der Waals surface area contributed by atoms with Gasteiger partial charge >= 0.3 is 5.97 Å². The van der Waals surface area contributed by atoms with Crippen molar-refractivity contribution in [3.05, 3.63) is 0 Å². The van der Waals surface area contributed by atoms with E-state index in [0.29, 0.717) is 12.5 Å². The molecule has 2 unspecified atom stereocenters. The molecule has 0 bridgehead atoms. The molecule has 2 atom stereocenters. The van der Waals surface area contributed by atoms with Crippen molar-refractivity contribution in [2.24, 2.45) is 11.8 Å². The highest BCUT2D eigenvalue weighted by atomic mass is 16.5. The summed E-state index contributed by atoms with van der Waals surface area (Å²) in [6.07, 6.45) is 0. The Morgan fingerprint density at radius 1 is 1.64 bits per heavy atom. The lowest BCUT2D eigenvalue weighted by Crippen LogP contribution is -2.23. The summed E-state index contributed by atoms with van der Waals surface area (Å²) in [5.74, 6) is 0.453. The summed E-state index contributed by atoms with van der Waals surface area (Å²) >= 11 is 0. The second kappa shape index (κ2) is 3.72. The van der Waals surface area contributed by atoms with Gasteiger partial charge in [0, 0.05) is 6.54 Å². The highest BCUT2D eigenvalue weighted by Gasteiger charge is 2.30. The monoisotopic (exact) mass is 157 g/mol. The Bertz CT molecular complexity index is 147. The van der Waals surface area contributed by atoms with Crippen LogP contribution < -0.4 is 5.32 Å². The second-order valence-electron chi connectivity index (χ2n) is 2.99. The van der Waals surface area contributed by atoms with Gasteiger partial charge < -0.3 is 10.1 Å². The van der Waals surface area contributed by atoms with E-state index in [9.17, 15) is 4.79 Å². The first-order valence-corrected chi connectivity index (χ1v) is 4.13. The second-order valence-corrected chi connectivity index (χ2v) is 2.99. The van der Waals surface area contributed by atoms with Crippen molar-refractivity contribution < 1.29 is 9.53 Å². The Morgan fingerprint density at radius 2 is 2.36 bits per heavy atom. The van der Waals surface area contributed by atoms with Crippen molar-refractivity contribution in [1.29, 1.82) is 0 Å². The molecule has 0 amide bonds. The van der Waals surface area contributed by atoms with Gasteiger partial charge in [-0.15, -0.1) is 0 Å². The smallest absolute Gasteiger partial charge is 0.310 e.